The molecule has 268 valence electrons. The van der Waals surface area contributed by atoms with Gasteiger partial charge in [-0.3, -0.25) is 0 Å². The van der Waals surface area contributed by atoms with Crippen molar-refractivity contribution in [1.82, 2.24) is 4.57 Å². The molecule has 11 rings (SSSR count). The molecule has 2 nitrogen and oxygen atoms in total. The molecule has 0 unspecified atom stereocenters. The van der Waals surface area contributed by atoms with Crippen LogP contribution >= 0.6 is 0 Å². The Kier molecular flexibility index (Phi) is 7.93. The molecule has 9 aromatic carbocycles. The summed E-state index contributed by atoms with van der Waals surface area (Å²) in [7, 11) is 0. The second-order valence-electron chi connectivity index (χ2n) is 14.9. The fourth-order valence-corrected chi connectivity index (χ4v) is 8.91. The summed E-state index contributed by atoms with van der Waals surface area (Å²) in [6, 6.07) is 79.7. The first-order valence-corrected chi connectivity index (χ1v) is 19.7. The van der Waals surface area contributed by atoms with Crippen LogP contribution in [0.4, 0.5) is 17.1 Å². The van der Waals surface area contributed by atoms with Gasteiger partial charge in [-0.1, -0.05) is 164 Å². The summed E-state index contributed by atoms with van der Waals surface area (Å²) in [4.78, 5) is 2.43. The highest BCUT2D eigenvalue weighted by Gasteiger charge is 2.25. The number of aromatic nitrogens is 1. The number of hydrogen-bond donors (Lipinski definition) is 0. The molecule has 0 spiro atoms. The molecule has 0 fully saturated rings. The quantitative estimate of drug-likeness (QED) is 0.159. The van der Waals surface area contributed by atoms with E-state index in [1.54, 1.807) is 0 Å². The van der Waals surface area contributed by atoms with Gasteiger partial charge in [0, 0.05) is 33.5 Å². The molecule has 0 bridgehead atoms. The Labute approximate surface area is 333 Å². The van der Waals surface area contributed by atoms with Gasteiger partial charge in [0.15, 0.2) is 0 Å². The zero-order chi connectivity index (χ0) is 37.7. The van der Waals surface area contributed by atoms with Gasteiger partial charge in [-0.25, -0.2) is 0 Å². The normalized spacial score (nSPS) is 11.8. The van der Waals surface area contributed by atoms with Crippen molar-refractivity contribution in [2.24, 2.45) is 0 Å². The summed E-state index contributed by atoms with van der Waals surface area (Å²) in [5, 5.41) is 2.64. The van der Waals surface area contributed by atoms with E-state index in [-0.39, 0.29) is 0 Å². The number of rotatable bonds is 7. The highest BCUT2D eigenvalue weighted by molar-refractivity contribution is 6.19. The maximum absolute atomic E-state index is 2.49. The summed E-state index contributed by atoms with van der Waals surface area (Å²) >= 11 is 0. The standard InChI is InChI=1S/C55H38N2/c1-4-13-38(14-5-1)41-23-29-46(30-24-41)56(47-31-25-42(26-32-47)39-15-6-2-7-16-39)49-36-45-35-44-19-10-11-20-50(44)51-21-12-22-52-55(51)54(45)53(37-49)57(52)48-33-27-43(28-34-48)40-17-8-3-9-18-40/h1-34,36-37H,35H2. The molecule has 0 saturated carbocycles. The Bertz CT molecular complexity index is 2950. The van der Waals surface area contributed by atoms with Gasteiger partial charge in [-0.2, -0.15) is 0 Å². The first-order chi connectivity index (χ1) is 28.3. The van der Waals surface area contributed by atoms with E-state index >= 15 is 0 Å². The monoisotopic (exact) mass is 726 g/mol. The maximum atomic E-state index is 2.49. The highest BCUT2D eigenvalue weighted by Crippen LogP contribution is 2.47. The van der Waals surface area contributed by atoms with E-state index in [2.05, 4.69) is 228 Å². The van der Waals surface area contributed by atoms with Gasteiger partial charge in [0.1, 0.15) is 0 Å². The number of benzene rings is 9. The van der Waals surface area contributed by atoms with Crippen molar-refractivity contribution in [3.63, 3.8) is 0 Å². The van der Waals surface area contributed by atoms with E-state index in [1.165, 1.54) is 77.4 Å². The van der Waals surface area contributed by atoms with E-state index in [0.717, 1.165) is 29.2 Å². The van der Waals surface area contributed by atoms with Crippen LogP contribution in [0.25, 0.3) is 72.0 Å². The van der Waals surface area contributed by atoms with Crippen molar-refractivity contribution in [2.45, 2.75) is 6.42 Å². The largest absolute Gasteiger partial charge is 0.310 e. The number of hydrogen-bond acceptors (Lipinski definition) is 1. The smallest absolute Gasteiger partial charge is 0.0565 e. The predicted molar refractivity (Wildman–Crippen MR) is 240 cm³/mol. The third-order valence-corrected chi connectivity index (χ3v) is 11.6. The molecule has 0 N–H and O–H groups in total. The van der Waals surface area contributed by atoms with E-state index < -0.39 is 0 Å². The Morgan fingerprint density at radius 1 is 0.316 bits per heavy atom. The number of nitrogens with zero attached hydrogens (tertiary/aromatic N) is 2. The molecule has 1 aliphatic rings. The molecule has 2 heteroatoms. The third-order valence-electron chi connectivity index (χ3n) is 11.6. The lowest BCUT2D eigenvalue weighted by Gasteiger charge is -2.27. The van der Waals surface area contributed by atoms with Crippen molar-refractivity contribution < 1.29 is 0 Å². The zero-order valence-corrected chi connectivity index (χ0v) is 31.4. The van der Waals surface area contributed by atoms with Crippen LogP contribution in [0.3, 0.4) is 0 Å². The Balaban J connectivity index is 1.15. The first kappa shape index (κ1) is 33.0. The molecule has 0 atom stereocenters. The molecule has 57 heavy (non-hydrogen) atoms. The Morgan fingerprint density at radius 2 is 0.789 bits per heavy atom. The fourth-order valence-electron chi connectivity index (χ4n) is 8.91. The zero-order valence-electron chi connectivity index (χ0n) is 31.4. The Hall–Kier alpha value is -7.42. The molecule has 10 aromatic rings. The lowest BCUT2D eigenvalue weighted by Crippen LogP contribution is -2.11. The van der Waals surface area contributed by atoms with E-state index in [4.69, 9.17) is 0 Å². The SMILES string of the molecule is c1ccc(-c2ccc(N(c3ccc(-c4ccccc4)cc3)c3cc4c5c6c(cccc6n(-c6ccc(-c7ccccc7)cc6)c5c3)-c3ccccc3C4)cc2)cc1. The highest BCUT2D eigenvalue weighted by atomic mass is 15.1. The summed E-state index contributed by atoms with van der Waals surface area (Å²) in [6.07, 6.45) is 0.842. The van der Waals surface area contributed by atoms with Crippen molar-refractivity contribution in [3.8, 4) is 50.2 Å². The molecule has 1 aliphatic carbocycles. The van der Waals surface area contributed by atoms with Gasteiger partial charge >= 0.3 is 0 Å². The average molecular weight is 727 g/mol. The summed E-state index contributed by atoms with van der Waals surface area (Å²) in [6.45, 7) is 0. The molecule has 0 aliphatic heterocycles. The van der Waals surface area contributed by atoms with Gasteiger partial charge in [0.05, 0.1) is 11.0 Å². The van der Waals surface area contributed by atoms with Crippen molar-refractivity contribution in [1.29, 1.82) is 0 Å². The van der Waals surface area contributed by atoms with Crippen LogP contribution in [0.15, 0.2) is 218 Å². The van der Waals surface area contributed by atoms with Gasteiger partial charge in [0.2, 0.25) is 0 Å². The molecule has 1 aromatic heterocycles. The van der Waals surface area contributed by atoms with Gasteiger partial charge in [-0.15, -0.1) is 0 Å². The summed E-state index contributed by atoms with van der Waals surface area (Å²) < 4.78 is 2.49. The van der Waals surface area contributed by atoms with Crippen LogP contribution in [-0.2, 0) is 6.42 Å². The van der Waals surface area contributed by atoms with Crippen LogP contribution in [0.2, 0.25) is 0 Å². The van der Waals surface area contributed by atoms with Crippen molar-refractivity contribution >= 4 is 38.9 Å². The van der Waals surface area contributed by atoms with Gasteiger partial charge < -0.3 is 9.47 Å². The fraction of sp³-hybridized carbons (Fsp3) is 0.0182. The average Bonchev–Trinajstić information content (AvgIpc) is 3.55. The minimum atomic E-state index is 0.842. The Morgan fingerprint density at radius 3 is 1.35 bits per heavy atom. The molecule has 0 saturated heterocycles. The van der Waals surface area contributed by atoms with Crippen LogP contribution in [0.5, 0.6) is 0 Å². The number of anilines is 3. The molecular weight excluding hydrogens is 689 g/mol. The molecule has 1 heterocycles. The first-order valence-electron chi connectivity index (χ1n) is 19.7. The lowest BCUT2D eigenvalue weighted by atomic mass is 9.97. The van der Waals surface area contributed by atoms with Crippen LogP contribution in [0.1, 0.15) is 11.1 Å². The molecular formula is C55H38N2. The predicted octanol–water partition coefficient (Wildman–Crippen LogP) is 14.8. The van der Waals surface area contributed by atoms with Crippen LogP contribution in [-0.4, -0.2) is 4.57 Å². The number of fused-ring (bicyclic) bond motifs is 2. The van der Waals surface area contributed by atoms with Gasteiger partial charge in [-0.05, 0) is 117 Å². The van der Waals surface area contributed by atoms with Crippen molar-refractivity contribution in [2.75, 3.05) is 4.90 Å². The molecule has 0 radical (unpaired) electrons. The minimum Gasteiger partial charge on any atom is -0.310 e. The molecule has 0 amide bonds. The third kappa shape index (κ3) is 5.73. The summed E-state index contributed by atoms with van der Waals surface area (Å²) in [5.41, 5.74) is 19.5. The van der Waals surface area contributed by atoms with Gasteiger partial charge in [0.25, 0.3) is 0 Å². The minimum absolute atomic E-state index is 0.842. The maximum Gasteiger partial charge on any atom is 0.0565 e. The van der Waals surface area contributed by atoms with E-state index in [9.17, 15) is 0 Å². The van der Waals surface area contributed by atoms with Crippen molar-refractivity contribution in [3.05, 3.63) is 230 Å². The summed E-state index contributed by atoms with van der Waals surface area (Å²) in [5.74, 6) is 0. The van der Waals surface area contributed by atoms with Crippen LogP contribution in [0, 0.1) is 0 Å². The van der Waals surface area contributed by atoms with E-state index in [0.29, 0.717) is 0 Å². The second kappa shape index (κ2) is 13.7. The lowest BCUT2D eigenvalue weighted by molar-refractivity contribution is 1.16. The topological polar surface area (TPSA) is 8.17 Å². The van der Waals surface area contributed by atoms with E-state index in [1.807, 2.05) is 0 Å². The van der Waals surface area contributed by atoms with Crippen LogP contribution < -0.4 is 4.90 Å². The second-order valence-corrected chi connectivity index (χ2v) is 14.9.